The van der Waals surface area contributed by atoms with Gasteiger partial charge in [-0.3, -0.25) is 9.59 Å². The van der Waals surface area contributed by atoms with Gasteiger partial charge >= 0.3 is 0 Å². The van der Waals surface area contributed by atoms with Gasteiger partial charge in [0.25, 0.3) is 5.56 Å². The number of carbonyl (C=O) groups excluding carboxylic acids is 1. The van der Waals surface area contributed by atoms with Crippen molar-refractivity contribution in [2.45, 2.75) is 26.8 Å². The number of benzene rings is 2. The van der Waals surface area contributed by atoms with Crippen LogP contribution >= 0.6 is 11.6 Å². The lowest BCUT2D eigenvalue weighted by atomic mass is 10.0. The average Bonchev–Trinajstić information content (AvgIpc) is 2.65. The van der Waals surface area contributed by atoms with Crippen LogP contribution in [0.4, 0.5) is 5.69 Å². The number of hydrogen-bond donors (Lipinski definition) is 1. The fraction of sp³-hybridized carbons (Fsp3) is 0.190. The predicted octanol–water partition coefficient (Wildman–Crippen LogP) is 4.38. The molecule has 0 unspecified atom stereocenters. The molecule has 1 heterocycles. The Balaban J connectivity index is 1.94. The normalized spacial score (nSPS) is 11.9. The number of carbonyl (C=O) groups is 1. The van der Waals surface area contributed by atoms with Crippen molar-refractivity contribution in [1.29, 1.82) is 0 Å². The highest BCUT2D eigenvalue weighted by Crippen LogP contribution is 2.23. The molecule has 0 bridgehead atoms. The van der Waals surface area contributed by atoms with Gasteiger partial charge in [0.2, 0.25) is 5.91 Å². The Morgan fingerprint density at radius 1 is 1.11 bits per heavy atom. The second-order valence-corrected chi connectivity index (χ2v) is 6.87. The summed E-state index contributed by atoms with van der Waals surface area (Å²) in [6, 6.07) is 15.3. The van der Waals surface area contributed by atoms with Gasteiger partial charge < -0.3 is 5.32 Å². The van der Waals surface area contributed by atoms with E-state index >= 15 is 0 Å². The van der Waals surface area contributed by atoms with E-state index < -0.39 is 6.04 Å². The van der Waals surface area contributed by atoms with Crippen LogP contribution in [0.2, 0.25) is 5.02 Å². The number of aryl methyl sites for hydroxylation is 2. The number of para-hydroxylation sites is 1. The van der Waals surface area contributed by atoms with Crippen molar-refractivity contribution in [3.8, 4) is 11.3 Å². The predicted molar refractivity (Wildman–Crippen MR) is 108 cm³/mol. The Morgan fingerprint density at radius 2 is 1.85 bits per heavy atom. The number of nitrogens with zero attached hydrogens (tertiary/aromatic N) is 2. The number of amides is 1. The van der Waals surface area contributed by atoms with Crippen molar-refractivity contribution in [2.24, 2.45) is 0 Å². The molecule has 2 aromatic carbocycles. The Bertz CT molecular complexity index is 1060. The van der Waals surface area contributed by atoms with Crippen molar-refractivity contribution < 1.29 is 4.79 Å². The molecule has 3 aromatic rings. The molecule has 0 spiro atoms. The van der Waals surface area contributed by atoms with E-state index in [2.05, 4.69) is 10.4 Å². The van der Waals surface area contributed by atoms with Crippen molar-refractivity contribution in [2.75, 3.05) is 5.32 Å². The van der Waals surface area contributed by atoms with Crippen LogP contribution in [0.1, 0.15) is 24.1 Å². The number of nitrogens with one attached hydrogen (secondary N) is 1. The van der Waals surface area contributed by atoms with E-state index in [-0.39, 0.29) is 11.5 Å². The maximum Gasteiger partial charge on any atom is 0.267 e. The molecular formula is C21H20ClN3O2. The molecule has 1 amide bonds. The zero-order valence-electron chi connectivity index (χ0n) is 15.4. The second kappa shape index (κ2) is 7.76. The van der Waals surface area contributed by atoms with Gasteiger partial charge in [-0.25, -0.2) is 4.68 Å². The van der Waals surface area contributed by atoms with Gasteiger partial charge in [0, 0.05) is 11.6 Å². The van der Waals surface area contributed by atoms with E-state index in [1.807, 2.05) is 32.0 Å². The van der Waals surface area contributed by atoms with E-state index in [1.54, 1.807) is 37.3 Å². The molecule has 0 aliphatic carbocycles. The van der Waals surface area contributed by atoms with Gasteiger partial charge in [0.05, 0.1) is 16.4 Å². The van der Waals surface area contributed by atoms with Gasteiger partial charge in [-0.05, 0) is 50.6 Å². The first-order valence-corrected chi connectivity index (χ1v) is 8.97. The first kappa shape index (κ1) is 18.9. The molecule has 1 N–H and O–H groups in total. The Kier molecular flexibility index (Phi) is 5.42. The second-order valence-electron chi connectivity index (χ2n) is 6.46. The lowest BCUT2D eigenvalue weighted by molar-refractivity contribution is -0.119. The van der Waals surface area contributed by atoms with Crippen molar-refractivity contribution in [3.05, 3.63) is 81.1 Å². The molecule has 0 saturated carbocycles. The van der Waals surface area contributed by atoms with Crippen LogP contribution in [0.15, 0.2) is 59.4 Å². The van der Waals surface area contributed by atoms with E-state index in [1.165, 1.54) is 10.7 Å². The van der Waals surface area contributed by atoms with Gasteiger partial charge in [-0.1, -0.05) is 41.4 Å². The standard InChI is InChI=1S/C21H20ClN3O2/c1-13-8-9-14(2)16(12-13)18-10-11-20(26)25(24-18)15(3)21(27)23-19-7-5-4-6-17(19)22/h4-12,15H,1-3H3,(H,23,27)/t15-/m1/s1. The molecule has 0 fully saturated rings. The number of anilines is 1. The minimum atomic E-state index is -0.793. The summed E-state index contributed by atoms with van der Waals surface area (Å²) in [5, 5.41) is 7.62. The summed E-state index contributed by atoms with van der Waals surface area (Å²) in [4.78, 5) is 24.9. The third-order valence-corrected chi connectivity index (χ3v) is 4.70. The Morgan fingerprint density at radius 3 is 2.59 bits per heavy atom. The van der Waals surface area contributed by atoms with E-state index in [4.69, 9.17) is 11.6 Å². The van der Waals surface area contributed by atoms with Crippen LogP contribution in [-0.4, -0.2) is 15.7 Å². The van der Waals surface area contributed by atoms with Gasteiger partial charge in [0.1, 0.15) is 6.04 Å². The quantitative estimate of drug-likeness (QED) is 0.729. The van der Waals surface area contributed by atoms with E-state index in [0.717, 1.165) is 16.7 Å². The lowest BCUT2D eigenvalue weighted by Crippen LogP contribution is -2.33. The van der Waals surface area contributed by atoms with Crippen molar-refractivity contribution in [3.63, 3.8) is 0 Å². The van der Waals surface area contributed by atoms with Crippen molar-refractivity contribution in [1.82, 2.24) is 9.78 Å². The monoisotopic (exact) mass is 381 g/mol. The zero-order chi connectivity index (χ0) is 19.6. The molecule has 27 heavy (non-hydrogen) atoms. The number of aromatic nitrogens is 2. The maximum atomic E-state index is 12.6. The van der Waals surface area contributed by atoms with Crippen LogP contribution in [0.5, 0.6) is 0 Å². The minimum absolute atomic E-state index is 0.342. The lowest BCUT2D eigenvalue weighted by Gasteiger charge is -2.16. The van der Waals surface area contributed by atoms with Gasteiger partial charge in [-0.2, -0.15) is 5.10 Å². The first-order chi connectivity index (χ1) is 12.9. The number of halogens is 1. The summed E-state index contributed by atoms with van der Waals surface area (Å²) in [5.74, 6) is -0.365. The highest BCUT2D eigenvalue weighted by molar-refractivity contribution is 6.33. The molecule has 0 aliphatic heterocycles. The van der Waals surface area contributed by atoms with Crippen LogP contribution in [-0.2, 0) is 4.79 Å². The molecule has 5 nitrogen and oxygen atoms in total. The number of hydrogen-bond acceptors (Lipinski definition) is 3. The van der Waals surface area contributed by atoms with Gasteiger partial charge in [0.15, 0.2) is 0 Å². The number of rotatable bonds is 4. The molecule has 0 saturated heterocycles. The summed E-state index contributed by atoms with van der Waals surface area (Å²) >= 11 is 6.09. The highest BCUT2D eigenvalue weighted by atomic mass is 35.5. The molecule has 3 rings (SSSR count). The maximum absolute atomic E-state index is 12.6. The Labute approximate surface area is 162 Å². The minimum Gasteiger partial charge on any atom is -0.323 e. The van der Waals surface area contributed by atoms with Crippen LogP contribution in [0, 0.1) is 13.8 Å². The zero-order valence-corrected chi connectivity index (χ0v) is 16.1. The van der Waals surface area contributed by atoms with Crippen LogP contribution in [0.3, 0.4) is 0 Å². The summed E-state index contributed by atoms with van der Waals surface area (Å²) in [6.45, 7) is 5.62. The molecule has 6 heteroatoms. The topological polar surface area (TPSA) is 64.0 Å². The Hall–Kier alpha value is -2.92. The summed E-state index contributed by atoms with van der Waals surface area (Å²) in [5.41, 5.74) is 3.88. The fourth-order valence-corrected chi connectivity index (χ4v) is 2.95. The molecule has 0 aliphatic rings. The van der Waals surface area contributed by atoms with Crippen LogP contribution in [0.25, 0.3) is 11.3 Å². The van der Waals surface area contributed by atoms with E-state index in [9.17, 15) is 9.59 Å². The third-order valence-electron chi connectivity index (χ3n) is 4.37. The molecular weight excluding hydrogens is 362 g/mol. The van der Waals surface area contributed by atoms with E-state index in [0.29, 0.717) is 16.4 Å². The molecule has 1 atom stereocenters. The third kappa shape index (κ3) is 4.09. The van der Waals surface area contributed by atoms with Crippen molar-refractivity contribution >= 4 is 23.2 Å². The summed E-state index contributed by atoms with van der Waals surface area (Å²) in [6.07, 6.45) is 0. The van der Waals surface area contributed by atoms with Gasteiger partial charge in [-0.15, -0.1) is 0 Å². The summed E-state index contributed by atoms with van der Waals surface area (Å²) in [7, 11) is 0. The SMILES string of the molecule is Cc1ccc(C)c(-c2ccc(=O)n([C@H](C)C(=O)Nc3ccccc3Cl)n2)c1. The fourth-order valence-electron chi connectivity index (χ4n) is 2.77. The molecule has 1 aromatic heterocycles. The highest BCUT2D eigenvalue weighted by Gasteiger charge is 2.19. The largest absolute Gasteiger partial charge is 0.323 e. The smallest absolute Gasteiger partial charge is 0.267 e. The summed E-state index contributed by atoms with van der Waals surface area (Å²) < 4.78 is 1.20. The van der Waals surface area contributed by atoms with Crippen LogP contribution < -0.4 is 10.9 Å². The first-order valence-electron chi connectivity index (χ1n) is 8.59. The average molecular weight is 382 g/mol. The molecule has 0 radical (unpaired) electrons. The molecule has 138 valence electrons.